The Morgan fingerprint density at radius 3 is 2.77 bits per heavy atom. The molecule has 1 aromatic carbocycles. The zero-order valence-electron chi connectivity index (χ0n) is 16.4. The van der Waals surface area contributed by atoms with Crippen LogP contribution >= 0.6 is 15.9 Å². The normalized spacial score (nSPS) is 11.0. The topological polar surface area (TPSA) is 90.0 Å². The first kappa shape index (κ1) is 19.1. The molecule has 8 nitrogen and oxygen atoms in total. The summed E-state index contributed by atoms with van der Waals surface area (Å²) in [6, 6.07) is 18.6. The number of aromatic nitrogens is 6. The van der Waals surface area contributed by atoms with Gasteiger partial charge in [0.15, 0.2) is 17.2 Å². The number of benzene rings is 1. The SMILES string of the molecule is Cc1cccc(-n2nc(C(=O)Nc3ccccc3Br)cc2-c2ccc3ncnn3c2)n1. The molecule has 0 saturated carbocycles. The minimum Gasteiger partial charge on any atom is -0.320 e. The standard InChI is InChI=1S/C22H16BrN7O/c1-14-5-4-8-21(26-14)30-19(15-9-10-20-24-13-25-29(20)12-15)11-18(28-30)22(31)27-17-7-3-2-6-16(17)23/h2-13H,1H3,(H,27,31). The summed E-state index contributed by atoms with van der Waals surface area (Å²) < 4.78 is 4.14. The van der Waals surface area contributed by atoms with Crippen LogP contribution in [-0.4, -0.2) is 35.3 Å². The molecule has 0 spiro atoms. The average molecular weight is 474 g/mol. The molecule has 5 aromatic rings. The minimum absolute atomic E-state index is 0.271. The van der Waals surface area contributed by atoms with Crippen molar-refractivity contribution in [3.05, 3.63) is 89.0 Å². The van der Waals surface area contributed by atoms with Crippen molar-refractivity contribution in [1.29, 1.82) is 0 Å². The lowest BCUT2D eigenvalue weighted by Crippen LogP contribution is -2.13. The van der Waals surface area contributed by atoms with Crippen LogP contribution in [0.1, 0.15) is 16.2 Å². The van der Waals surface area contributed by atoms with Crippen LogP contribution < -0.4 is 5.32 Å². The van der Waals surface area contributed by atoms with Crippen LogP contribution in [0.4, 0.5) is 5.69 Å². The number of aryl methyl sites for hydroxylation is 1. The second-order valence-corrected chi connectivity index (χ2v) is 7.73. The van der Waals surface area contributed by atoms with E-state index in [0.717, 1.165) is 21.4 Å². The molecule has 0 saturated heterocycles. The minimum atomic E-state index is -0.318. The Kier molecular flexibility index (Phi) is 4.79. The molecule has 1 N–H and O–H groups in total. The molecular formula is C22H16BrN7O. The molecule has 0 radical (unpaired) electrons. The number of rotatable bonds is 4. The Balaban J connectivity index is 1.61. The smallest absolute Gasteiger partial charge is 0.276 e. The largest absolute Gasteiger partial charge is 0.320 e. The summed E-state index contributed by atoms with van der Waals surface area (Å²) in [7, 11) is 0. The molecule has 9 heteroatoms. The first-order valence-corrected chi connectivity index (χ1v) is 10.3. The van der Waals surface area contributed by atoms with E-state index < -0.39 is 0 Å². The Hall–Kier alpha value is -3.85. The number of amides is 1. The van der Waals surface area contributed by atoms with E-state index in [1.54, 1.807) is 15.3 Å². The molecule has 0 aliphatic rings. The number of hydrogen-bond acceptors (Lipinski definition) is 5. The van der Waals surface area contributed by atoms with Crippen molar-refractivity contribution in [3.8, 4) is 17.1 Å². The zero-order chi connectivity index (χ0) is 21.4. The van der Waals surface area contributed by atoms with Gasteiger partial charge in [-0.05, 0) is 65.3 Å². The predicted molar refractivity (Wildman–Crippen MR) is 120 cm³/mol. The molecule has 5 rings (SSSR count). The van der Waals surface area contributed by atoms with Gasteiger partial charge in [-0.3, -0.25) is 4.79 Å². The maximum absolute atomic E-state index is 13.0. The van der Waals surface area contributed by atoms with Crippen LogP contribution in [0.15, 0.2) is 77.7 Å². The van der Waals surface area contributed by atoms with Crippen molar-refractivity contribution < 1.29 is 4.79 Å². The van der Waals surface area contributed by atoms with Crippen molar-refractivity contribution in [1.82, 2.24) is 29.4 Å². The first-order chi connectivity index (χ1) is 15.1. The van der Waals surface area contributed by atoms with Gasteiger partial charge in [0, 0.05) is 21.9 Å². The zero-order valence-corrected chi connectivity index (χ0v) is 18.0. The molecule has 4 aromatic heterocycles. The van der Waals surface area contributed by atoms with E-state index in [2.05, 4.69) is 41.4 Å². The number of anilines is 1. The summed E-state index contributed by atoms with van der Waals surface area (Å²) in [6.07, 6.45) is 3.34. The number of nitrogens with zero attached hydrogens (tertiary/aromatic N) is 6. The van der Waals surface area contributed by atoms with E-state index in [9.17, 15) is 4.79 Å². The molecule has 0 unspecified atom stereocenters. The van der Waals surface area contributed by atoms with E-state index in [1.807, 2.05) is 67.7 Å². The van der Waals surface area contributed by atoms with Gasteiger partial charge in [0.2, 0.25) is 0 Å². The lowest BCUT2D eigenvalue weighted by Gasteiger charge is -2.07. The molecule has 1 amide bonds. The number of carbonyl (C=O) groups excluding carboxylic acids is 1. The quantitative estimate of drug-likeness (QED) is 0.420. The highest BCUT2D eigenvalue weighted by Gasteiger charge is 2.19. The molecule has 0 bridgehead atoms. The van der Waals surface area contributed by atoms with Crippen molar-refractivity contribution >= 4 is 33.2 Å². The van der Waals surface area contributed by atoms with Crippen molar-refractivity contribution in [3.63, 3.8) is 0 Å². The van der Waals surface area contributed by atoms with Crippen LogP contribution in [0.3, 0.4) is 0 Å². The monoisotopic (exact) mass is 473 g/mol. The van der Waals surface area contributed by atoms with Crippen LogP contribution in [-0.2, 0) is 0 Å². The molecule has 0 aliphatic heterocycles. The Morgan fingerprint density at radius 2 is 1.94 bits per heavy atom. The van der Waals surface area contributed by atoms with Crippen LogP contribution in [0.2, 0.25) is 0 Å². The van der Waals surface area contributed by atoms with Gasteiger partial charge < -0.3 is 5.32 Å². The van der Waals surface area contributed by atoms with Gasteiger partial charge in [-0.25, -0.2) is 19.2 Å². The second-order valence-electron chi connectivity index (χ2n) is 6.88. The van der Waals surface area contributed by atoms with E-state index in [4.69, 9.17) is 0 Å². The second kappa shape index (κ2) is 7.77. The van der Waals surface area contributed by atoms with Gasteiger partial charge in [0.1, 0.15) is 6.33 Å². The van der Waals surface area contributed by atoms with E-state index in [0.29, 0.717) is 17.2 Å². The highest BCUT2D eigenvalue weighted by atomic mass is 79.9. The average Bonchev–Trinajstić information content (AvgIpc) is 3.42. The van der Waals surface area contributed by atoms with E-state index in [-0.39, 0.29) is 11.6 Å². The van der Waals surface area contributed by atoms with Crippen molar-refractivity contribution in [2.75, 3.05) is 5.32 Å². The Labute approximate surface area is 185 Å². The number of halogens is 1. The van der Waals surface area contributed by atoms with E-state index >= 15 is 0 Å². The Morgan fingerprint density at radius 1 is 1.06 bits per heavy atom. The lowest BCUT2D eigenvalue weighted by atomic mass is 10.2. The van der Waals surface area contributed by atoms with Crippen molar-refractivity contribution in [2.45, 2.75) is 6.92 Å². The van der Waals surface area contributed by atoms with Crippen LogP contribution in [0, 0.1) is 6.92 Å². The fraction of sp³-hybridized carbons (Fsp3) is 0.0455. The van der Waals surface area contributed by atoms with Gasteiger partial charge in [-0.2, -0.15) is 10.2 Å². The fourth-order valence-electron chi connectivity index (χ4n) is 3.24. The highest BCUT2D eigenvalue weighted by molar-refractivity contribution is 9.10. The summed E-state index contributed by atoms with van der Waals surface area (Å²) in [4.78, 5) is 21.7. The number of nitrogens with one attached hydrogen (secondary N) is 1. The van der Waals surface area contributed by atoms with Crippen LogP contribution in [0.5, 0.6) is 0 Å². The summed E-state index contributed by atoms with van der Waals surface area (Å²) >= 11 is 3.45. The summed E-state index contributed by atoms with van der Waals surface area (Å²) in [5, 5.41) is 11.7. The fourth-order valence-corrected chi connectivity index (χ4v) is 3.62. The maximum atomic E-state index is 13.0. The molecule has 0 atom stereocenters. The summed E-state index contributed by atoms with van der Waals surface area (Å²) in [5.74, 6) is 0.301. The molecule has 0 fully saturated rings. The number of para-hydroxylation sites is 1. The number of hydrogen-bond donors (Lipinski definition) is 1. The molecule has 4 heterocycles. The molecule has 152 valence electrons. The number of fused-ring (bicyclic) bond motifs is 1. The van der Waals surface area contributed by atoms with Gasteiger partial charge >= 0.3 is 0 Å². The summed E-state index contributed by atoms with van der Waals surface area (Å²) in [5.41, 5.74) is 4.07. The first-order valence-electron chi connectivity index (χ1n) is 9.48. The summed E-state index contributed by atoms with van der Waals surface area (Å²) in [6.45, 7) is 1.91. The van der Waals surface area contributed by atoms with Gasteiger partial charge in [0.05, 0.1) is 11.4 Å². The molecule has 31 heavy (non-hydrogen) atoms. The third-order valence-electron chi connectivity index (χ3n) is 4.72. The number of carbonyl (C=O) groups is 1. The Bertz CT molecular complexity index is 1420. The van der Waals surface area contributed by atoms with Crippen LogP contribution in [0.25, 0.3) is 22.7 Å². The number of pyridine rings is 2. The third-order valence-corrected chi connectivity index (χ3v) is 5.42. The van der Waals surface area contributed by atoms with Crippen molar-refractivity contribution in [2.24, 2.45) is 0 Å². The molecular weight excluding hydrogens is 458 g/mol. The third kappa shape index (κ3) is 3.71. The molecule has 0 aliphatic carbocycles. The highest BCUT2D eigenvalue weighted by Crippen LogP contribution is 2.26. The van der Waals surface area contributed by atoms with Gasteiger partial charge in [0.25, 0.3) is 5.91 Å². The van der Waals surface area contributed by atoms with Gasteiger partial charge in [-0.15, -0.1) is 0 Å². The lowest BCUT2D eigenvalue weighted by molar-refractivity contribution is 0.102. The van der Waals surface area contributed by atoms with Gasteiger partial charge in [-0.1, -0.05) is 18.2 Å². The maximum Gasteiger partial charge on any atom is 0.276 e. The van der Waals surface area contributed by atoms with E-state index in [1.165, 1.54) is 6.33 Å². The predicted octanol–water partition coefficient (Wildman–Crippen LogP) is 4.30.